The number of nitrogens with zero attached hydrogens (tertiary/aromatic N) is 1. The van der Waals surface area contributed by atoms with Crippen LogP contribution in [-0.4, -0.2) is 42.9 Å². The summed E-state index contributed by atoms with van der Waals surface area (Å²) in [5.41, 5.74) is 0.884. The van der Waals surface area contributed by atoms with Gasteiger partial charge in [-0.1, -0.05) is 18.2 Å². The van der Waals surface area contributed by atoms with E-state index >= 15 is 0 Å². The molecule has 1 saturated carbocycles. The van der Waals surface area contributed by atoms with Gasteiger partial charge in [0, 0.05) is 36.7 Å². The second-order valence-electron chi connectivity index (χ2n) is 5.80. The number of benzene rings is 1. The van der Waals surface area contributed by atoms with Crippen LogP contribution in [0.25, 0.3) is 0 Å². The molecule has 1 N–H and O–H groups in total. The highest BCUT2D eigenvalue weighted by atomic mass is 32.2. The van der Waals surface area contributed by atoms with E-state index in [0.717, 1.165) is 17.1 Å². The van der Waals surface area contributed by atoms with Crippen molar-refractivity contribution in [2.24, 2.45) is 0 Å². The van der Waals surface area contributed by atoms with Gasteiger partial charge in [-0.15, -0.1) is 0 Å². The Morgan fingerprint density at radius 1 is 1.33 bits per heavy atom. The molecule has 0 bridgehead atoms. The fourth-order valence-electron chi connectivity index (χ4n) is 2.64. The zero-order valence-electron chi connectivity index (χ0n) is 12.3. The van der Waals surface area contributed by atoms with E-state index in [0.29, 0.717) is 24.0 Å². The molecule has 1 aliphatic heterocycles. The molecule has 0 spiro atoms. The molecular formula is C15H22N2O2S2. The number of hydrogen-bond donors (Lipinski definition) is 1. The summed E-state index contributed by atoms with van der Waals surface area (Å²) in [4.78, 5) is 0.469. The summed E-state index contributed by atoms with van der Waals surface area (Å²) in [7, 11) is -3.39. The summed E-state index contributed by atoms with van der Waals surface area (Å²) in [5, 5.41) is 3.41. The van der Waals surface area contributed by atoms with Gasteiger partial charge in [0.1, 0.15) is 0 Å². The van der Waals surface area contributed by atoms with Crippen molar-refractivity contribution in [2.45, 2.75) is 43.3 Å². The molecule has 1 aromatic carbocycles. The van der Waals surface area contributed by atoms with Crippen LogP contribution in [0.4, 0.5) is 0 Å². The van der Waals surface area contributed by atoms with Crippen LogP contribution in [0.1, 0.15) is 25.3 Å². The van der Waals surface area contributed by atoms with Gasteiger partial charge in [0.2, 0.25) is 10.0 Å². The normalized spacial score (nSPS) is 24.1. The highest BCUT2D eigenvalue weighted by Gasteiger charge is 2.32. The van der Waals surface area contributed by atoms with E-state index < -0.39 is 10.0 Å². The highest BCUT2D eigenvalue weighted by Crippen LogP contribution is 2.27. The zero-order chi connectivity index (χ0) is 14.9. The third-order valence-electron chi connectivity index (χ3n) is 4.02. The van der Waals surface area contributed by atoms with Gasteiger partial charge in [-0.2, -0.15) is 16.1 Å². The molecular weight excluding hydrogens is 304 g/mol. The largest absolute Gasteiger partial charge is 0.310 e. The van der Waals surface area contributed by atoms with E-state index in [-0.39, 0.29) is 6.04 Å². The van der Waals surface area contributed by atoms with Crippen molar-refractivity contribution >= 4 is 21.8 Å². The Labute approximate surface area is 131 Å². The van der Waals surface area contributed by atoms with Crippen molar-refractivity contribution in [3.8, 4) is 0 Å². The van der Waals surface area contributed by atoms with Crippen molar-refractivity contribution < 1.29 is 8.42 Å². The summed E-state index contributed by atoms with van der Waals surface area (Å²) < 4.78 is 27.6. The molecule has 1 heterocycles. The summed E-state index contributed by atoms with van der Waals surface area (Å²) in [5.74, 6) is 1.76. The maximum Gasteiger partial charge on any atom is 0.243 e. The zero-order valence-corrected chi connectivity index (χ0v) is 13.9. The summed E-state index contributed by atoms with van der Waals surface area (Å²) in [6.07, 6.45) is 2.41. The molecule has 0 aromatic heterocycles. The molecule has 4 nitrogen and oxygen atoms in total. The molecule has 6 heteroatoms. The highest BCUT2D eigenvalue weighted by molar-refractivity contribution is 7.99. The Hall–Kier alpha value is -0.560. The van der Waals surface area contributed by atoms with Crippen molar-refractivity contribution in [3.63, 3.8) is 0 Å². The average molecular weight is 326 g/mol. The van der Waals surface area contributed by atoms with Gasteiger partial charge in [0.05, 0.1) is 4.90 Å². The summed E-state index contributed by atoms with van der Waals surface area (Å²) in [6.45, 7) is 3.24. The van der Waals surface area contributed by atoms with Crippen molar-refractivity contribution in [3.05, 3.63) is 29.8 Å². The molecule has 21 heavy (non-hydrogen) atoms. The predicted octanol–water partition coefficient (Wildman–Crippen LogP) is 2.06. The van der Waals surface area contributed by atoms with Crippen LogP contribution in [-0.2, 0) is 16.6 Å². The maximum absolute atomic E-state index is 13.0. The molecule has 0 radical (unpaired) electrons. The lowest BCUT2D eigenvalue weighted by molar-refractivity contribution is 0.367. The molecule has 1 aromatic rings. The molecule has 116 valence electrons. The molecule has 1 saturated heterocycles. The van der Waals surface area contributed by atoms with Gasteiger partial charge >= 0.3 is 0 Å². The molecule has 1 aliphatic carbocycles. The monoisotopic (exact) mass is 326 g/mol. The van der Waals surface area contributed by atoms with Crippen LogP contribution < -0.4 is 5.32 Å². The summed E-state index contributed by atoms with van der Waals surface area (Å²) in [6, 6.07) is 8.04. The van der Waals surface area contributed by atoms with Crippen LogP contribution in [0, 0.1) is 0 Å². The molecule has 0 amide bonds. The second kappa shape index (κ2) is 6.28. The Kier molecular flexibility index (Phi) is 4.59. The number of nitrogens with one attached hydrogen (secondary N) is 1. The Morgan fingerprint density at radius 3 is 2.81 bits per heavy atom. The molecule has 2 aliphatic rings. The second-order valence-corrected chi connectivity index (χ2v) is 8.81. The summed E-state index contributed by atoms with van der Waals surface area (Å²) >= 11 is 1.83. The molecule has 1 atom stereocenters. The lowest BCUT2D eigenvalue weighted by Crippen LogP contribution is -2.44. The first kappa shape index (κ1) is 15.3. The van der Waals surface area contributed by atoms with E-state index in [1.807, 2.05) is 36.9 Å². The van der Waals surface area contributed by atoms with Gasteiger partial charge < -0.3 is 5.32 Å². The minimum atomic E-state index is -3.39. The fraction of sp³-hybridized carbons (Fsp3) is 0.600. The van der Waals surface area contributed by atoms with Gasteiger partial charge in [-0.05, 0) is 31.4 Å². The van der Waals surface area contributed by atoms with Crippen LogP contribution >= 0.6 is 11.8 Å². The predicted molar refractivity (Wildman–Crippen MR) is 87.0 cm³/mol. The van der Waals surface area contributed by atoms with Crippen LogP contribution in [0.3, 0.4) is 0 Å². The van der Waals surface area contributed by atoms with Crippen molar-refractivity contribution in [2.75, 3.05) is 18.1 Å². The lowest BCUT2D eigenvalue weighted by Gasteiger charge is -2.32. The smallest absolute Gasteiger partial charge is 0.243 e. The third kappa shape index (κ3) is 3.44. The Bertz CT molecular complexity index is 599. The van der Waals surface area contributed by atoms with Gasteiger partial charge in [-0.3, -0.25) is 0 Å². The van der Waals surface area contributed by atoms with Gasteiger partial charge in [-0.25, -0.2) is 8.42 Å². The number of hydrogen-bond acceptors (Lipinski definition) is 4. The first-order valence-corrected chi connectivity index (χ1v) is 10.1. The van der Waals surface area contributed by atoms with E-state index in [2.05, 4.69) is 5.32 Å². The van der Waals surface area contributed by atoms with Crippen LogP contribution in [0.15, 0.2) is 29.2 Å². The van der Waals surface area contributed by atoms with Gasteiger partial charge in [0.15, 0.2) is 0 Å². The number of sulfonamides is 1. The Morgan fingerprint density at radius 2 is 2.10 bits per heavy atom. The first-order valence-electron chi connectivity index (χ1n) is 7.50. The van der Waals surface area contributed by atoms with E-state index in [1.54, 1.807) is 10.4 Å². The lowest BCUT2D eigenvalue weighted by atomic mass is 10.2. The topological polar surface area (TPSA) is 49.4 Å². The SMILES string of the molecule is CC1CSCCN1S(=O)(=O)c1ccccc1CNC1CC1. The van der Waals surface area contributed by atoms with Crippen molar-refractivity contribution in [1.29, 1.82) is 0 Å². The van der Waals surface area contributed by atoms with E-state index in [1.165, 1.54) is 12.8 Å². The first-order chi connectivity index (χ1) is 10.1. The minimum absolute atomic E-state index is 0.0678. The average Bonchev–Trinajstić information content (AvgIpc) is 3.30. The third-order valence-corrected chi connectivity index (χ3v) is 7.33. The van der Waals surface area contributed by atoms with Crippen LogP contribution in [0.5, 0.6) is 0 Å². The minimum Gasteiger partial charge on any atom is -0.310 e. The van der Waals surface area contributed by atoms with Gasteiger partial charge in [0.25, 0.3) is 0 Å². The molecule has 3 rings (SSSR count). The Balaban J connectivity index is 1.86. The fourth-order valence-corrected chi connectivity index (χ4v) is 5.72. The van der Waals surface area contributed by atoms with E-state index in [4.69, 9.17) is 0 Å². The number of rotatable bonds is 5. The quantitative estimate of drug-likeness (QED) is 0.900. The molecule has 2 fully saturated rings. The number of thioether (sulfide) groups is 1. The standard InChI is InChI=1S/C15H22N2O2S2/c1-12-11-20-9-8-17(12)21(18,19)15-5-3-2-4-13(15)10-16-14-6-7-14/h2-5,12,14,16H,6-11H2,1H3. The van der Waals surface area contributed by atoms with Crippen LogP contribution in [0.2, 0.25) is 0 Å². The molecule has 1 unspecified atom stereocenters. The maximum atomic E-state index is 13.0. The van der Waals surface area contributed by atoms with Crippen molar-refractivity contribution in [1.82, 2.24) is 9.62 Å². The van der Waals surface area contributed by atoms with E-state index in [9.17, 15) is 8.42 Å².